The van der Waals surface area contributed by atoms with Gasteiger partial charge in [-0.3, -0.25) is 4.79 Å². The van der Waals surface area contributed by atoms with Gasteiger partial charge in [-0.05, 0) is 36.8 Å². The lowest BCUT2D eigenvalue weighted by Gasteiger charge is -2.21. The second kappa shape index (κ2) is 8.07. The van der Waals surface area contributed by atoms with Gasteiger partial charge in [0.1, 0.15) is 13.2 Å². The smallest absolute Gasteiger partial charge is 0.255 e. The summed E-state index contributed by atoms with van der Waals surface area (Å²) in [5.74, 6) is 2.30. The third-order valence-electron chi connectivity index (χ3n) is 4.36. The molecule has 1 atom stereocenters. The molecule has 0 spiro atoms. The van der Waals surface area contributed by atoms with Crippen molar-refractivity contribution in [2.75, 3.05) is 34.5 Å². The van der Waals surface area contributed by atoms with Gasteiger partial charge in [-0.15, -0.1) is 0 Å². The number of amides is 1. The standard InChI is InChI=1S/C20H23NO6/c1-12(13-5-7-15-17(11-13)27-10-9-26-15)21-20(22)14-6-8-16(23-2)19(25-4)18(14)24-3/h5-8,11-12H,9-10H2,1-4H3,(H,21,22)/t12-/m1/s1. The molecular weight excluding hydrogens is 350 g/mol. The van der Waals surface area contributed by atoms with Crippen molar-refractivity contribution in [3.63, 3.8) is 0 Å². The highest BCUT2D eigenvalue weighted by atomic mass is 16.6. The lowest BCUT2D eigenvalue weighted by molar-refractivity contribution is 0.0936. The van der Waals surface area contributed by atoms with Crippen LogP contribution >= 0.6 is 0 Å². The molecule has 2 aromatic rings. The fourth-order valence-corrected chi connectivity index (χ4v) is 2.97. The van der Waals surface area contributed by atoms with Crippen molar-refractivity contribution in [2.45, 2.75) is 13.0 Å². The molecule has 3 rings (SSSR count). The lowest BCUT2D eigenvalue weighted by Crippen LogP contribution is -2.27. The van der Waals surface area contributed by atoms with E-state index in [9.17, 15) is 4.79 Å². The zero-order chi connectivity index (χ0) is 19.4. The summed E-state index contributed by atoms with van der Waals surface area (Å²) in [4.78, 5) is 12.8. The fraction of sp³-hybridized carbons (Fsp3) is 0.350. The van der Waals surface area contributed by atoms with Crippen LogP contribution in [-0.4, -0.2) is 40.5 Å². The summed E-state index contributed by atoms with van der Waals surface area (Å²) >= 11 is 0. The van der Waals surface area contributed by atoms with Gasteiger partial charge in [0.05, 0.1) is 32.9 Å². The number of carbonyl (C=O) groups is 1. The van der Waals surface area contributed by atoms with Crippen molar-refractivity contribution in [3.05, 3.63) is 41.5 Å². The predicted molar refractivity (Wildman–Crippen MR) is 99.4 cm³/mol. The van der Waals surface area contributed by atoms with Gasteiger partial charge in [0.15, 0.2) is 23.0 Å². The van der Waals surface area contributed by atoms with Gasteiger partial charge in [-0.2, -0.15) is 0 Å². The van der Waals surface area contributed by atoms with E-state index >= 15 is 0 Å². The van der Waals surface area contributed by atoms with Crippen LogP contribution in [0.1, 0.15) is 28.9 Å². The Kier molecular flexibility index (Phi) is 5.59. The summed E-state index contributed by atoms with van der Waals surface area (Å²) < 4.78 is 27.1. The molecule has 7 heteroatoms. The summed E-state index contributed by atoms with van der Waals surface area (Å²) in [6.07, 6.45) is 0. The Labute approximate surface area is 158 Å². The van der Waals surface area contributed by atoms with Crippen molar-refractivity contribution in [1.29, 1.82) is 0 Å². The van der Waals surface area contributed by atoms with E-state index in [0.717, 1.165) is 5.56 Å². The van der Waals surface area contributed by atoms with Gasteiger partial charge in [-0.1, -0.05) is 6.07 Å². The molecule has 2 aromatic carbocycles. The summed E-state index contributed by atoms with van der Waals surface area (Å²) in [5.41, 5.74) is 1.27. The quantitative estimate of drug-likeness (QED) is 0.839. The molecule has 1 amide bonds. The van der Waals surface area contributed by atoms with Crippen molar-refractivity contribution < 1.29 is 28.5 Å². The summed E-state index contributed by atoms with van der Waals surface area (Å²) in [6, 6.07) is 8.71. The number of rotatable bonds is 6. The Balaban J connectivity index is 1.83. The van der Waals surface area contributed by atoms with Crippen LogP contribution in [0.5, 0.6) is 28.7 Å². The van der Waals surface area contributed by atoms with Crippen LogP contribution in [-0.2, 0) is 0 Å². The Morgan fingerprint density at radius 3 is 2.33 bits per heavy atom. The first kappa shape index (κ1) is 18.7. The van der Waals surface area contributed by atoms with Crippen molar-refractivity contribution >= 4 is 5.91 Å². The molecule has 27 heavy (non-hydrogen) atoms. The fourth-order valence-electron chi connectivity index (χ4n) is 2.97. The number of fused-ring (bicyclic) bond motifs is 1. The minimum absolute atomic E-state index is 0.244. The van der Waals surface area contributed by atoms with Gasteiger partial charge in [-0.25, -0.2) is 0 Å². The van der Waals surface area contributed by atoms with E-state index in [2.05, 4.69) is 5.32 Å². The number of hydrogen-bond acceptors (Lipinski definition) is 6. The van der Waals surface area contributed by atoms with Crippen LogP contribution in [0.4, 0.5) is 0 Å². The molecule has 1 N–H and O–H groups in total. The topological polar surface area (TPSA) is 75.3 Å². The van der Waals surface area contributed by atoms with E-state index in [1.165, 1.54) is 21.3 Å². The average Bonchev–Trinajstić information content (AvgIpc) is 2.71. The van der Waals surface area contributed by atoms with Gasteiger partial charge < -0.3 is 29.0 Å². The number of hydrogen-bond donors (Lipinski definition) is 1. The number of carbonyl (C=O) groups excluding carboxylic acids is 1. The van der Waals surface area contributed by atoms with Crippen molar-refractivity contribution in [3.8, 4) is 28.7 Å². The zero-order valence-electron chi connectivity index (χ0n) is 15.8. The first-order valence-electron chi connectivity index (χ1n) is 8.58. The second-order valence-electron chi connectivity index (χ2n) is 5.98. The summed E-state index contributed by atoms with van der Waals surface area (Å²) in [6.45, 7) is 2.95. The molecule has 0 fully saturated rings. The van der Waals surface area contributed by atoms with Crippen LogP contribution in [0.3, 0.4) is 0 Å². The maximum atomic E-state index is 12.8. The van der Waals surface area contributed by atoms with Crippen molar-refractivity contribution in [2.24, 2.45) is 0 Å². The monoisotopic (exact) mass is 373 g/mol. The molecule has 0 radical (unpaired) electrons. The molecule has 1 aliphatic heterocycles. The minimum atomic E-state index is -0.282. The van der Waals surface area contributed by atoms with Gasteiger partial charge in [0.2, 0.25) is 5.75 Å². The maximum Gasteiger partial charge on any atom is 0.255 e. The Morgan fingerprint density at radius 2 is 1.67 bits per heavy atom. The Bertz CT molecular complexity index is 835. The molecule has 144 valence electrons. The number of nitrogens with one attached hydrogen (secondary N) is 1. The van der Waals surface area contributed by atoms with Crippen molar-refractivity contribution in [1.82, 2.24) is 5.32 Å². The average molecular weight is 373 g/mol. The highest BCUT2D eigenvalue weighted by Gasteiger charge is 2.22. The van der Waals surface area contributed by atoms with E-state index in [1.54, 1.807) is 12.1 Å². The van der Waals surface area contributed by atoms with Crippen LogP contribution < -0.4 is 29.0 Å². The first-order chi connectivity index (χ1) is 13.1. The number of methoxy groups -OCH3 is 3. The third kappa shape index (κ3) is 3.72. The van der Waals surface area contributed by atoms with E-state index in [-0.39, 0.29) is 11.9 Å². The van der Waals surface area contributed by atoms with Gasteiger partial charge in [0.25, 0.3) is 5.91 Å². The molecule has 1 heterocycles. The largest absolute Gasteiger partial charge is 0.493 e. The molecule has 0 aromatic heterocycles. The van der Waals surface area contributed by atoms with E-state index in [1.807, 2.05) is 25.1 Å². The number of ether oxygens (including phenoxy) is 5. The SMILES string of the molecule is COc1ccc(C(=O)N[C@H](C)c2ccc3c(c2)OCCO3)c(OC)c1OC. The molecule has 0 unspecified atom stereocenters. The van der Waals surface area contributed by atoms with Crippen LogP contribution in [0.15, 0.2) is 30.3 Å². The molecule has 0 bridgehead atoms. The molecule has 1 aliphatic rings. The van der Waals surface area contributed by atoms with Crippen LogP contribution in [0.25, 0.3) is 0 Å². The molecular formula is C20H23NO6. The predicted octanol–water partition coefficient (Wildman–Crippen LogP) is 2.97. The molecule has 7 nitrogen and oxygen atoms in total. The zero-order valence-corrected chi connectivity index (χ0v) is 15.8. The lowest BCUT2D eigenvalue weighted by atomic mass is 10.1. The maximum absolute atomic E-state index is 12.8. The minimum Gasteiger partial charge on any atom is -0.493 e. The first-order valence-corrected chi connectivity index (χ1v) is 8.58. The molecule has 0 saturated carbocycles. The Hall–Kier alpha value is -3.09. The van der Waals surface area contributed by atoms with Crippen LogP contribution in [0.2, 0.25) is 0 Å². The van der Waals surface area contributed by atoms with Gasteiger partial charge in [0, 0.05) is 0 Å². The highest BCUT2D eigenvalue weighted by Crippen LogP contribution is 2.40. The highest BCUT2D eigenvalue weighted by molar-refractivity contribution is 5.98. The van der Waals surface area contributed by atoms with Gasteiger partial charge >= 0.3 is 0 Å². The third-order valence-corrected chi connectivity index (χ3v) is 4.36. The summed E-state index contributed by atoms with van der Waals surface area (Å²) in [7, 11) is 4.51. The molecule has 0 aliphatic carbocycles. The van der Waals surface area contributed by atoms with Crippen LogP contribution in [0, 0.1) is 0 Å². The second-order valence-corrected chi connectivity index (χ2v) is 5.98. The Morgan fingerprint density at radius 1 is 0.963 bits per heavy atom. The number of benzene rings is 2. The molecule has 0 saturated heterocycles. The van der Waals surface area contributed by atoms with E-state index in [0.29, 0.717) is 47.5 Å². The van der Waals surface area contributed by atoms with E-state index in [4.69, 9.17) is 23.7 Å². The van der Waals surface area contributed by atoms with E-state index < -0.39 is 0 Å². The summed E-state index contributed by atoms with van der Waals surface area (Å²) in [5, 5.41) is 2.97. The normalized spacial score (nSPS) is 13.5.